The maximum atomic E-state index is 11.9. The Morgan fingerprint density at radius 2 is 2.19 bits per heavy atom. The van der Waals surface area contributed by atoms with Gasteiger partial charge in [-0.05, 0) is 16.7 Å². The minimum atomic E-state index is -0.159. The fraction of sp³-hybridized carbons (Fsp3) is 0.273. The van der Waals surface area contributed by atoms with Gasteiger partial charge < -0.3 is 4.90 Å². The van der Waals surface area contributed by atoms with Crippen LogP contribution >= 0.6 is 21.7 Å². The van der Waals surface area contributed by atoms with Crippen LogP contribution in [-0.2, 0) is 0 Å². The highest BCUT2D eigenvalue weighted by Crippen LogP contribution is 2.11. The summed E-state index contributed by atoms with van der Waals surface area (Å²) in [7, 11) is 8.33. The lowest BCUT2D eigenvalue weighted by Crippen LogP contribution is -2.29. The maximum absolute atomic E-state index is 11.9. The van der Waals surface area contributed by atoms with Crippen molar-refractivity contribution in [3.63, 3.8) is 0 Å². The van der Waals surface area contributed by atoms with E-state index in [4.69, 9.17) is 10.7 Å². The van der Waals surface area contributed by atoms with Crippen molar-refractivity contribution in [2.45, 2.75) is 0 Å². The molecule has 0 aliphatic carbocycles. The Bertz CT molecular complexity index is 384. The van der Waals surface area contributed by atoms with Crippen LogP contribution in [0.2, 0.25) is 0 Å². The molecule has 0 aliphatic rings. The van der Waals surface area contributed by atoms with Gasteiger partial charge in [0.25, 0.3) is 5.91 Å². The molecule has 0 spiro atoms. The first kappa shape index (κ1) is 13.1. The lowest BCUT2D eigenvalue weighted by atomic mass is 10.1. The molecule has 0 heterocycles. The van der Waals surface area contributed by atoms with Crippen LogP contribution in [0, 0.1) is 0 Å². The van der Waals surface area contributed by atoms with Gasteiger partial charge in [0.2, 0.25) is 0 Å². The molecule has 0 saturated carbocycles. The third-order valence-electron chi connectivity index (χ3n) is 2.17. The van der Waals surface area contributed by atoms with Gasteiger partial charge in [0.15, 0.2) is 6.29 Å². The summed E-state index contributed by atoms with van der Waals surface area (Å²) in [6, 6.07) is 6.75. The normalized spacial score (nSPS) is 9.88. The van der Waals surface area contributed by atoms with E-state index in [-0.39, 0.29) is 5.91 Å². The largest absolute Gasteiger partial charge is 0.341 e. The quantitative estimate of drug-likeness (QED) is 0.761. The van der Waals surface area contributed by atoms with Crippen LogP contribution in [0.15, 0.2) is 24.3 Å². The van der Waals surface area contributed by atoms with Gasteiger partial charge in [-0.25, -0.2) is 0 Å². The van der Waals surface area contributed by atoms with Crippen molar-refractivity contribution in [3.8, 4) is 0 Å². The lowest BCUT2D eigenvalue weighted by molar-refractivity contribution is 0.0800. The molecule has 0 atom stereocenters. The Hall–Kier alpha value is -1.00. The van der Waals surface area contributed by atoms with Crippen LogP contribution in [-0.4, -0.2) is 36.4 Å². The van der Waals surface area contributed by atoms with Crippen molar-refractivity contribution in [3.05, 3.63) is 35.4 Å². The third-order valence-corrected chi connectivity index (χ3v) is 2.97. The lowest BCUT2D eigenvalue weighted by Gasteiger charge is -2.16. The number of carbonyl (C=O) groups excluding carboxylic acids is 2. The molecule has 1 amide bonds. The van der Waals surface area contributed by atoms with Crippen molar-refractivity contribution in [1.29, 1.82) is 0 Å². The van der Waals surface area contributed by atoms with E-state index in [1.54, 1.807) is 36.2 Å². The summed E-state index contributed by atoms with van der Waals surface area (Å²) in [5.41, 5.74) is 0.845. The Morgan fingerprint density at radius 3 is 2.81 bits per heavy atom. The number of benzene rings is 1. The fourth-order valence-electron chi connectivity index (χ4n) is 1.27. The van der Waals surface area contributed by atoms with Gasteiger partial charge in [0, 0.05) is 24.9 Å². The van der Waals surface area contributed by atoms with Crippen molar-refractivity contribution in [2.75, 3.05) is 19.3 Å². The molecule has 0 fully saturated rings. The van der Waals surface area contributed by atoms with Crippen LogP contribution in [0.5, 0.6) is 0 Å². The standard InChI is InChI=1S/C11H12ClNO2S/c1-13(6-7-16-12)11(15)10-5-3-2-4-9(10)8-14/h2-5,8H,6-7H2,1H3. The first-order chi connectivity index (χ1) is 7.70. The molecule has 0 aliphatic heterocycles. The van der Waals surface area contributed by atoms with Crippen LogP contribution < -0.4 is 0 Å². The van der Waals surface area contributed by atoms with E-state index in [2.05, 4.69) is 0 Å². The molecule has 1 aromatic carbocycles. The second kappa shape index (κ2) is 6.55. The molecule has 1 rings (SSSR count). The van der Waals surface area contributed by atoms with E-state index in [9.17, 15) is 9.59 Å². The van der Waals surface area contributed by atoms with E-state index in [0.29, 0.717) is 29.7 Å². The molecule has 16 heavy (non-hydrogen) atoms. The van der Waals surface area contributed by atoms with Gasteiger partial charge >= 0.3 is 0 Å². The van der Waals surface area contributed by atoms with E-state index in [1.807, 2.05) is 0 Å². The monoisotopic (exact) mass is 257 g/mol. The second-order valence-corrected chi connectivity index (χ2v) is 4.53. The van der Waals surface area contributed by atoms with E-state index < -0.39 is 0 Å². The molecule has 0 bridgehead atoms. The molecule has 0 radical (unpaired) electrons. The van der Waals surface area contributed by atoms with E-state index >= 15 is 0 Å². The minimum absolute atomic E-state index is 0.159. The first-order valence-electron chi connectivity index (χ1n) is 4.74. The minimum Gasteiger partial charge on any atom is -0.341 e. The molecule has 0 N–H and O–H groups in total. The van der Waals surface area contributed by atoms with E-state index in [1.165, 1.54) is 0 Å². The smallest absolute Gasteiger partial charge is 0.254 e. The molecule has 86 valence electrons. The summed E-state index contributed by atoms with van der Waals surface area (Å²) in [4.78, 5) is 24.3. The Morgan fingerprint density at radius 1 is 1.50 bits per heavy atom. The van der Waals surface area contributed by atoms with Crippen molar-refractivity contribution in [1.82, 2.24) is 4.90 Å². The zero-order valence-electron chi connectivity index (χ0n) is 8.85. The van der Waals surface area contributed by atoms with Gasteiger partial charge in [0.1, 0.15) is 0 Å². The van der Waals surface area contributed by atoms with Gasteiger partial charge in [-0.15, -0.1) is 0 Å². The van der Waals surface area contributed by atoms with Crippen LogP contribution in [0.1, 0.15) is 20.7 Å². The van der Waals surface area contributed by atoms with Crippen LogP contribution in [0.3, 0.4) is 0 Å². The van der Waals surface area contributed by atoms with Crippen molar-refractivity contribution in [2.24, 2.45) is 0 Å². The van der Waals surface area contributed by atoms with Gasteiger partial charge in [-0.1, -0.05) is 29.2 Å². The number of aldehydes is 1. The Kier molecular flexibility index (Phi) is 5.35. The summed E-state index contributed by atoms with van der Waals surface area (Å²) < 4.78 is 0. The van der Waals surface area contributed by atoms with Crippen molar-refractivity contribution < 1.29 is 9.59 Å². The summed E-state index contributed by atoms with van der Waals surface area (Å²) in [6.07, 6.45) is 0.692. The van der Waals surface area contributed by atoms with E-state index in [0.717, 1.165) is 11.0 Å². The highest BCUT2D eigenvalue weighted by Gasteiger charge is 2.14. The summed E-state index contributed by atoms with van der Waals surface area (Å²) in [5, 5.41) is 0. The molecular weight excluding hydrogens is 246 g/mol. The Balaban J connectivity index is 2.83. The van der Waals surface area contributed by atoms with Crippen LogP contribution in [0.4, 0.5) is 0 Å². The molecule has 0 saturated heterocycles. The zero-order chi connectivity index (χ0) is 12.0. The molecular formula is C11H12ClNO2S. The molecule has 5 heteroatoms. The predicted octanol–water partition coefficient (Wildman–Crippen LogP) is 2.46. The first-order valence-corrected chi connectivity index (χ1v) is 6.55. The second-order valence-electron chi connectivity index (χ2n) is 3.25. The highest BCUT2D eigenvalue weighted by molar-refractivity contribution is 8.21. The average Bonchev–Trinajstić information content (AvgIpc) is 2.34. The number of rotatable bonds is 5. The Labute approximate surface area is 103 Å². The summed E-state index contributed by atoms with van der Waals surface area (Å²) in [6.45, 7) is 0.556. The number of hydrogen-bond donors (Lipinski definition) is 0. The molecule has 1 aromatic rings. The molecule has 0 aromatic heterocycles. The van der Waals surface area contributed by atoms with Gasteiger partial charge in [0.05, 0.1) is 5.56 Å². The summed E-state index contributed by atoms with van der Waals surface area (Å²) in [5.74, 6) is 0.501. The number of amides is 1. The summed E-state index contributed by atoms with van der Waals surface area (Å²) >= 11 is 0. The predicted molar refractivity (Wildman–Crippen MR) is 67.1 cm³/mol. The highest BCUT2D eigenvalue weighted by atomic mass is 35.7. The number of hydrogen-bond acceptors (Lipinski definition) is 3. The number of halogens is 1. The SMILES string of the molecule is CN(CCSCl)C(=O)c1ccccc1C=O. The van der Waals surface area contributed by atoms with Gasteiger partial charge in [-0.3, -0.25) is 9.59 Å². The topological polar surface area (TPSA) is 37.4 Å². The molecule has 0 unspecified atom stereocenters. The fourth-order valence-corrected chi connectivity index (χ4v) is 1.82. The zero-order valence-corrected chi connectivity index (χ0v) is 10.4. The average molecular weight is 258 g/mol. The number of nitrogens with zero attached hydrogens (tertiary/aromatic N) is 1. The third kappa shape index (κ3) is 3.25. The van der Waals surface area contributed by atoms with Gasteiger partial charge in [-0.2, -0.15) is 0 Å². The maximum Gasteiger partial charge on any atom is 0.254 e. The number of carbonyl (C=O) groups is 2. The van der Waals surface area contributed by atoms with Crippen molar-refractivity contribution >= 4 is 33.9 Å². The van der Waals surface area contributed by atoms with Crippen LogP contribution in [0.25, 0.3) is 0 Å². The molecule has 3 nitrogen and oxygen atoms in total.